The molecule has 0 aliphatic heterocycles. The van der Waals surface area contributed by atoms with Gasteiger partial charge in [-0.25, -0.2) is 4.68 Å². The van der Waals surface area contributed by atoms with Crippen molar-refractivity contribution in [1.82, 2.24) is 25.5 Å². The highest BCUT2D eigenvalue weighted by Crippen LogP contribution is 2.20. The summed E-state index contributed by atoms with van der Waals surface area (Å²) in [7, 11) is 0. The van der Waals surface area contributed by atoms with Crippen LogP contribution in [0.3, 0.4) is 0 Å². The minimum absolute atomic E-state index is 0.0333. The van der Waals surface area contributed by atoms with Crippen molar-refractivity contribution in [3.63, 3.8) is 0 Å². The van der Waals surface area contributed by atoms with E-state index in [1.807, 2.05) is 52.0 Å². The van der Waals surface area contributed by atoms with Crippen LogP contribution in [-0.2, 0) is 16.9 Å². The van der Waals surface area contributed by atoms with Crippen LogP contribution in [0.5, 0.6) is 0 Å². The lowest BCUT2D eigenvalue weighted by Crippen LogP contribution is -2.26. The van der Waals surface area contributed by atoms with E-state index >= 15 is 0 Å². The zero-order valence-corrected chi connectivity index (χ0v) is 14.1. The fourth-order valence-electron chi connectivity index (χ4n) is 1.78. The Morgan fingerprint density at radius 1 is 1.27 bits per heavy atom. The first kappa shape index (κ1) is 16.5. The summed E-state index contributed by atoms with van der Waals surface area (Å²) in [5, 5.41) is 15.2. The van der Waals surface area contributed by atoms with Crippen molar-refractivity contribution in [2.75, 3.05) is 5.75 Å². The van der Waals surface area contributed by atoms with Gasteiger partial charge in [0.1, 0.15) is 0 Å². The minimum Gasteiger partial charge on any atom is -0.351 e. The molecule has 1 aromatic carbocycles. The van der Waals surface area contributed by atoms with Crippen LogP contribution in [0.15, 0.2) is 29.4 Å². The normalized spacial score (nSPS) is 11.5. The third kappa shape index (κ3) is 4.56. The summed E-state index contributed by atoms with van der Waals surface area (Å²) >= 11 is 1.34. The number of hydrogen-bond acceptors (Lipinski definition) is 5. The van der Waals surface area contributed by atoms with Crippen molar-refractivity contribution in [1.29, 1.82) is 0 Å². The maximum Gasteiger partial charge on any atom is 0.230 e. The number of hydrogen-bond donors (Lipinski definition) is 1. The SMILES string of the molecule is Cc1ccc(CNC(=O)CSc2nnnn2C(C)(C)C)cc1. The number of rotatable bonds is 5. The summed E-state index contributed by atoms with van der Waals surface area (Å²) in [5.74, 6) is 0.261. The Balaban J connectivity index is 1.83. The van der Waals surface area contributed by atoms with Crippen molar-refractivity contribution in [2.45, 2.75) is 44.9 Å². The van der Waals surface area contributed by atoms with E-state index in [1.165, 1.54) is 17.3 Å². The number of carbonyl (C=O) groups excluding carboxylic acids is 1. The Kier molecular flexibility index (Phi) is 5.18. The largest absolute Gasteiger partial charge is 0.351 e. The summed E-state index contributed by atoms with van der Waals surface area (Å²) < 4.78 is 1.73. The van der Waals surface area contributed by atoms with Gasteiger partial charge in [0.25, 0.3) is 0 Å². The van der Waals surface area contributed by atoms with Crippen molar-refractivity contribution in [3.05, 3.63) is 35.4 Å². The lowest BCUT2D eigenvalue weighted by molar-refractivity contribution is -0.118. The standard InChI is InChI=1S/C15H21N5OS/c1-11-5-7-12(8-6-11)9-16-13(21)10-22-14-17-18-19-20(14)15(2,3)4/h5-8H,9-10H2,1-4H3,(H,16,21). The van der Waals surface area contributed by atoms with Crippen molar-refractivity contribution in [3.8, 4) is 0 Å². The minimum atomic E-state index is -0.204. The number of amides is 1. The molecule has 0 radical (unpaired) electrons. The summed E-state index contributed by atoms with van der Waals surface area (Å²) in [6.45, 7) is 8.63. The highest BCUT2D eigenvalue weighted by Gasteiger charge is 2.20. The molecule has 0 fully saturated rings. The zero-order valence-electron chi connectivity index (χ0n) is 13.3. The van der Waals surface area contributed by atoms with Crippen molar-refractivity contribution >= 4 is 17.7 Å². The topological polar surface area (TPSA) is 72.7 Å². The first-order valence-electron chi connectivity index (χ1n) is 7.10. The molecule has 0 aliphatic carbocycles. The third-order valence-electron chi connectivity index (χ3n) is 3.02. The number of aromatic nitrogens is 4. The molecule has 118 valence electrons. The lowest BCUT2D eigenvalue weighted by Gasteiger charge is -2.19. The number of benzene rings is 1. The van der Waals surface area contributed by atoms with E-state index in [2.05, 4.69) is 20.8 Å². The Morgan fingerprint density at radius 3 is 2.59 bits per heavy atom. The molecule has 1 amide bonds. The molecule has 7 heteroatoms. The average Bonchev–Trinajstić information content (AvgIpc) is 2.93. The molecule has 0 spiro atoms. The van der Waals surface area contributed by atoms with E-state index in [0.717, 1.165) is 5.56 Å². The van der Waals surface area contributed by atoms with Crippen LogP contribution in [0.4, 0.5) is 0 Å². The predicted molar refractivity (Wildman–Crippen MR) is 86.6 cm³/mol. The Morgan fingerprint density at radius 2 is 1.95 bits per heavy atom. The number of tetrazole rings is 1. The molecular formula is C15H21N5OS. The second-order valence-electron chi connectivity index (χ2n) is 6.10. The molecule has 0 saturated heterocycles. The van der Waals surface area contributed by atoms with E-state index in [9.17, 15) is 4.79 Å². The van der Waals surface area contributed by atoms with Crippen LogP contribution in [0.1, 0.15) is 31.9 Å². The molecule has 0 bridgehead atoms. The molecule has 2 aromatic rings. The molecular weight excluding hydrogens is 298 g/mol. The van der Waals surface area contributed by atoms with Crippen molar-refractivity contribution < 1.29 is 4.79 Å². The quantitative estimate of drug-likeness (QED) is 0.855. The van der Waals surface area contributed by atoms with Gasteiger partial charge in [0.05, 0.1) is 11.3 Å². The van der Waals surface area contributed by atoms with Crippen LogP contribution in [0, 0.1) is 6.92 Å². The zero-order chi connectivity index (χ0) is 16.2. The van der Waals surface area contributed by atoms with Crippen LogP contribution in [0.25, 0.3) is 0 Å². The summed E-state index contributed by atoms with van der Waals surface area (Å²) in [6, 6.07) is 8.10. The first-order valence-corrected chi connectivity index (χ1v) is 8.09. The van der Waals surface area contributed by atoms with Crippen LogP contribution in [-0.4, -0.2) is 31.9 Å². The summed E-state index contributed by atoms with van der Waals surface area (Å²) in [6.07, 6.45) is 0. The van der Waals surface area contributed by atoms with Gasteiger partial charge in [-0.2, -0.15) is 0 Å². The molecule has 2 rings (SSSR count). The van der Waals surface area contributed by atoms with Crippen LogP contribution in [0.2, 0.25) is 0 Å². The second kappa shape index (κ2) is 6.91. The van der Waals surface area contributed by atoms with E-state index in [1.54, 1.807) is 4.68 Å². The molecule has 0 atom stereocenters. The Labute approximate surface area is 134 Å². The van der Waals surface area contributed by atoms with Gasteiger partial charge in [0, 0.05) is 6.54 Å². The number of carbonyl (C=O) groups is 1. The molecule has 1 aromatic heterocycles. The molecule has 1 heterocycles. The lowest BCUT2D eigenvalue weighted by atomic mass is 10.1. The number of aryl methyl sites for hydroxylation is 1. The first-order chi connectivity index (χ1) is 10.4. The molecule has 6 nitrogen and oxygen atoms in total. The monoisotopic (exact) mass is 319 g/mol. The highest BCUT2D eigenvalue weighted by atomic mass is 32.2. The molecule has 22 heavy (non-hydrogen) atoms. The van der Waals surface area contributed by atoms with E-state index in [-0.39, 0.29) is 11.4 Å². The maximum atomic E-state index is 11.9. The molecule has 0 aliphatic rings. The summed E-state index contributed by atoms with van der Waals surface area (Å²) in [4.78, 5) is 11.9. The van der Waals surface area contributed by atoms with Crippen LogP contribution < -0.4 is 5.32 Å². The second-order valence-corrected chi connectivity index (χ2v) is 7.04. The van der Waals surface area contributed by atoms with E-state index < -0.39 is 0 Å². The number of thioether (sulfide) groups is 1. The number of nitrogens with one attached hydrogen (secondary N) is 1. The highest BCUT2D eigenvalue weighted by molar-refractivity contribution is 7.99. The number of nitrogens with zero attached hydrogens (tertiary/aromatic N) is 4. The van der Waals surface area contributed by atoms with Gasteiger partial charge < -0.3 is 5.32 Å². The van der Waals surface area contributed by atoms with Crippen LogP contribution >= 0.6 is 11.8 Å². The fourth-order valence-corrected chi connectivity index (χ4v) is 2.67. The molecule has 0 saturated carbocycles. The predicted octanol–water partition coefficient (Wildman–Crippen LogP) is 2.15. The Bertz CT molecular complexity index is 630. The van der Waals surface area contributed by atoms with Gasteiger partial charge in [-0.05, 0) is 43.7 Å². The van der Waals surface area contributed by atoms with Crippen molar-refractivity contribution in [2.24, 2.45) is 0 Å². The van der Waals surface area contributed by atoms with Gasteiger partial charge in [0.15, 0.2) is 0 Å². The molecule has 0 unspecified atom stereocenters. The third-order valence-corrected chi connectivity index (χ3v) is 3.94. The van der Waals surface area contributed by atoms with Gasteiger partial charge in [-0.15, -0.1) is 5.10 Å². The smallest absolute Gasteiger partial charge is 0.230 e. The van der Waals surface area contributed by atoms with Gasteiger partial charge in [-0.3, -0.25) is 4.79 Å². The fraction of sp³-hybridized carbons (Fsp3) is 0.467. The molecule has 1 N–H and O–H groups in total. The van der Waals surface area contributed by atoms with Gasteiger partial charge in [-0.1, -0.05) is 41.6 Å². The van der Waals surface area contributed by atoms with Gasteiger partial charge >= 0.3 is 0 Å². The van der Waals surface area contributed by atoms with E-state index in [4.69, 9.17) is 0 Å². The van der Waals surface area contributed by atoms with E-state index in [0.29, 0.717) is 17.5 Å². The maximum absolute atomic E-state index is 11.9. The summed E-state index contributed by atoms with van der Waals surface area (Å²) in [5.41, 5.74) is 2.09. The average molecular weight is 319 g/mol. The Hall–Kier alpha value is -1.89. The van der Waals surface area contributed by atoms with Gasteiger partial charge in [0.2, 0.25) is 11.1 Å².